The lowest BCUT2D eigenvalue weighted by Crippen LogP contribution is -2.50. The number of nitrogens with one attached hydrogen (secondary N) is 1. The van der Waals surface area contributed by atoms with E-state index in [0.717, 1.165) is 10.2 Å². The fourth-order valence-electron chi connectivity index (χ4n) is 2.60. The molecular formula is C16H18BrN3O3S2. The van der Waals surface area contributed by atoms with Gasteiger partial charge in [-0.05, 0) is 35.7 Å². The first-order chi connectivity index (χ1) is 11.9. The van der Waals surface area contributed by atoms with E-state index < -0.39 is 10.0 Å². The number of hydrogen-bond acceptors (Lipinski definition) is 5. The van der Waals surface area contributed by atoms with Crippen LogP contribution < -0.4 is 5.32 Å². The third-order valence-corrected chi connectivity index (χ3v) is 7.72. The SMILES string of the molecule is O=C(CN1CCN(S(=O)(=O)c2cccs2)CC1)Nc1ccc(Br)cc1. The number of carbonyl (C=O) groups excluding carboxylic acids is 1. The minimum atomic E-state index is -3.40. The summed E-state index contributed by atoms with van der Waals surface area (Å²) in [5, 5.41) is 4.61. The lowest BCUT2D eigenvalue weighted by atomic mass is 10.3. The standard InChI is InChI=1S/C16H18BrN3O3S2/c17-13-3-5-14(6-4-13)18-15(21)12-19-7-9-20(10-8-19)25(22,23)16-2-1-11-24-16/h1-6,11H,7-10,12H2,(H,18,21). The molecule has 2 heterocycles. The van der Waals surface area contributed by atoms with Crippen LogP contribution in [-0.4, -0.2) is 56.3 Å². The van der Waals surface area contributed by atoms with E-state index >= 15 is 0 Å². The van der Waals surface area contributed by atoms with Crippen LogP contribution in [0.2, 0.25) is 0 Å². The summed E-state index contributed by atoms with van der Waals surface area (Å²) in [6.45, 7) is 2.12. The maximum atomic E-state index is 12.5. The van der Waals surface area contributed by atoms with Crippen LogP contribution in [0.15, 0.2) is 50.5 Å². The number of rotatable bonds is 5. The summed E-state index contributed by atoms with van der Waals surface area (Å²) < 4.78 is 27.8. The van der Waals surface area contributed by atoms with Gasteiger partial charge in [-0.1, -0.05) is 22.0 Å². The second-order valence-electron chi connectivity index (χ2n) is 5.67. The number of sulfonamides is 1. The van der Waals surface area contributed by atoms with Gasteiger partial charge in [0.1, 0.15) is 4.21 Å². The summed E-state index contributed by atoms with van der Waals surface area (Å²) >= 11 is 4.58. The third-order valence-electron chi connectivity index (χ3n) is 3.92. The van der Waals surface area contributed by atoms with Crippen LogP contribution >= 0.6 is 27.3 Å². The Kier molecular flexibility index (Phi) is 5.90. The molecule has 0 radical (unpaired) electrons. The topological polar surface area (TPSA) is 69.7 Å². The lowest BCUT2D eigenvalue weighted by molar-refractivity contribution is -0.117. The Morgan fingerprint density at radius 1 is 1.12 bits per heavy atom. The Morgan fingerprint density at radius 2 is 1.80 bits per heavy atom. The molecule has 1 aromatic heterocycles. The van der Waals surface area contributed by atoms with Gasteiger partial charge in [-0.15, -0.1) is 11.3 Å². The van der Waals surface area contributed by atoms with Crippen molar-refractivity contribution in [3.05, 3.63) is 46.3 Å². The molecule has 6 nitrogen and oxygen atoms in total. The van der Waals surface area contributed by atoms with E-state index in [0.29, 0.717) is 30.4 Å². The van der Waals surface area contributed by atoms with Crippen molar-refractivity contribution >= 4 is 48.9 Å². The van der Waals surface area contributed by atoms with Gasteiger partial charge in [0.15, 0.2) is 0 Å². The zero-order chi connectivity index (χ0) is 17.9. The molecule has 1 amide bonds. The van der Waals surface area contributed by atoms with E-state index in [1.165, 1.54) is 15.6 Å². The zero-order valence-electron chi connectivity index (χ0n) is 13.4. The van der Waals surface area contributed by atoms with Gasteiger partial charge in [0.2, 0.25) is 5.91 Å². The van der Waals surface area contributed by atoms with Gasteiger partial charge in [-0.3, -0.25) is 9.69 Å². The molecule has 1 N–H and O–H groups in total. The average Bonchev–Trinajstić information content (AvgIpc) is 3.13. The van der Waals surface area contributed by atoms with Gasteiger partial charge in [-0.25, -0.2) is 8.42 Å². The van der Waals surface area contributed by atoms with E-state index in [1.54, 1.807) is 17.5 Å². The number of halogens is 1. The molecule has 0 spiro atoms. The van der Waals surface area contributed by atoms with Gasteiger partial charge in [0.05, 0.1) is 6.54 Å². The first-order valence-corrected chi connectivity index (χ1v) is 10.9. The fourth-order valence-corrected chi connectivity index (χ4v) is 5.43. The molecule has 1 saturated heterocycles. The quantitative estimate of drug-likeness (QED) is 0.770. The van der Waals surface area contributed by atoms with E-state index in [9.17, 15) is 13.2 Å². The van der Waals surface area contributed by atoms with Gasteiger partial charge in [0, 0.05) is 36.3 Å². The van der Waals surface area contributed by atoms with Crippen molar-refractivity contribution in [2.24, 2.45) is 0 Å². The number of benzene rings is 1. The van der Waals surface area contributed by atoms with E-state index in [2.05, 4.69) is 21.2 Å². The largest absolute Gasteiger partial charge is 0.325 e. The molecule has 3 rings (SSSR count). The molecule has 2 aromatic rings. The first kappa shape index (κ1) is 18.5. The fraction of sp³-hybridized carbons (Fsp3) is 0.312. The zero-order valence-corrected chi connectivity index (χ0v) is 16.6. The predicted molar refractivity (Wildman–Crippen MR) is 102 cm³/mol. The van der Waals surface area contributed by atoms with Gasteiger partial charge in [0.25, 0.3) is 10.0 Å². The number of amides is 1. The van der Waals surface area contributed by atoms with Crippen LogP contribution in [0.1, 0.15) is 0 Å². The summed E-state index contributed by atoms with van der Waals surface area (Å²) in [5.74, 6) is -0.100. The van der Waals surface area contributed by atoms with Crippen molar-refractivity contribution in [1.82, 2.24) is 9.21 Å². The van der Waals surface area contributed by atoms with Crippen molar-refractivity contribution in [2.45, 2.75) is 4.21 Å². The number of piperazine rings is 1. The van der Waals surface area contributed by atoms with Crippen molar-refractivity contribution in [3.63, 3.8) is 0 Å². The van der Waals surface area contributed by atoms with Crippen molar-refractivity contribution < 1.29 is 13.2 Å². The molecule has 1 fully saturated rings. The molecule has 0 unspecified atom stereocenters. The molecule has 0 atom stereocenters. The molecule has 1 aliphatic rings. The Hall–Kier alpha value is -1.26. The lowest BCUT2D eigenvalue weighted by Gasteiger charge is -2.33. The van der Waals surface area contributed by atoms with Crippen molar-refractivity contribution in [2.75, 3.05) is 38.0 Å². The minimum Gasteiger partial charge on any atom is -0.325 e. The van der Waals surface area contributed by atoms with Crippen molar-refractivity contribution in [1.29, 1.82) is 0 Å². The molecule has 0 saturated carbocycles. The highest BCUT2D eigenvalue weighted by molar-refractivity contribution is 9.10. The molecular weight excluding hydrogens is 426 g/mol. The maximum Gasteiger partial charge on any atom is 0.252 e. The van der Waals surface area contributed by atoms with Crippen LogP contribution in [0, 0.1) is 0 Å². The maximum absolute atomic E-state index is 12.5. The molecule has 0 bridgehead atoms. The summed E-state index contributed by atoms with van der Waals surface area (Å²) in [5.41, 5.74) is 0.743. The van der Waals surface area contributed by atoms with E-state index in [1.807, 2.05) is 29.2 Å². The van der Waals surface area contributed by atoms with Crippen LogP contribution in [0.4, 0.5) is 5.69 Å². The molecule has 1 aromatic carbocycles. The summed E-state index contributed by atoms with van der Waals surface area (Å²) in [7, 11) is -3.40. The highest BCUT2D eigenvalue weighted by Crippen LogP contribution is 2.22. The normalized spacial score (nSPS) is 16.7. The minimum absolute atomic E-state index is 0.100. The van der Waals surface area contributed by atoms with Gasteiger partial charge < -0.3 is 5.32 Å². The summed E-state index contributed by atoms with van der Waals surface area (Å²) in [4.78, 5) is 14.1. The van der Waals surface area contributed by atoms with Crippen LogP contribution in [0.25, 0.3) is 0 Å². The van der Waals surface area contributed by atoms with Gasteiger partial charge >= 0.3 is 0 Å². The Labute approximate surface area is 159 Å². The monoisotopic (exact) mass is 443 g/mol. The van der Waals surface area contributed by atoms with E-state index in [4.69, 9.17) is 0 Å². The van der Waals surface area contributed by atoms with Crippen LogP contribution in [0.5, 0.6) is 0 Å². The number of thiophene rings is 1. The number of carbonyl (C=O) groups is 1. The molecule has 1 aliphatic heterocycles. The number of nitrogens with zero attached hydrogens (tertiary/aromatic N) is 2. The smallest absolute Gasteiger partial charge is 0.252 e. The Bertz CT molecular complexity index is 815. The molecule has 134 valence electrons. The summed E-state index contributed by atoms with van der Waals surface area (Å²) in [6, 6.07) is 10.7. The highest BCUT2D eigenvalue weighted by Gasteiger charge is 2.29. The van der Waals surface area contributed by atoms with Crippen LogP contribution in [-0.2, 0) is 14.8 Å². The van der Waals surface area contributed by atoms with Gasteiger partial charge in [-0.2, -0.15) is 4.31 Å². The Morgan fingerprint density at radius 3 is 2.40 bits per heavy atom. The average molecular weight is 444 g/mol. The molecule has 25 heavy (non-hydrogen) atoms. The van der Waals surface area contributed by atoms with Crippen LogP contribution in [0.3, 0.4) is 0 Å². The molecule has 0 aliphatic carbocycles. The first-order valence-electron chi connectivity index (χ1n) is 7.76. The predicted octanol–water partition coefficient (Wildman–Crippen LogP) is 2.46. The van der Waals surface area contributed by atoms with Crippen molar-refractivity contribution in [3.8, 4) is 0 Å². The third kappa shape index (κ3) is 4.68. The highest BCUT2D eigenvalue weighted by atomic mass is 79.9. The second kappa shape index (κ2) is 7.96. The molecule has 9 heteroatoms. The number of anilines is 1. The Balaban J connectivity index is 1.51. The number of hydrogen-bond donors (Lipinski definition) is 1. The van der Waals surface area contributed by atoms with E-state index in [-0.39, 0.29) is 12.5 Å². The summed E-state index contributed by atoms with van der Waals surface area (Å²) in [6.07, 6.45) is 0. The second-order valence-corrected chi connectivity index (χ2v) is 9.70.